The van der Waals surface area contributed by atoms with E-state index in [9.17, 15) is 14.7 Å². The molecule has 0 aromatic carbocycles. The number of oxime groups is 1. The molecular formula is C10H18BrN6O4P. The van der Waals surface area contributed by atoms with Crippen molar-refractivity contribution in [3.8, 4) is 0 Å². The highest BCUT2D eigenvalue weighted by molar-refractivity contribution is 9.09. The van der Waals surface area contributed by atoms with Gasteiger partial charge in [-0.3, -0.25) is 0 Å². The number of hydrogen-bond donors (Lipinski definition) is 2. The Labute approximate surface area is 136 Å². The van der Waals surface area contributed by atoms with Crippen LogP contribution in [0.5, 0.6) is 0 Å². The maximum Gasteiger partial charge on any atom is 0.411 e. The van der Waals surface area contributed by atoms with E-state index in [0.29, 0.717) is 18.4 Å². The molecule has 1 atom stereocenters. The minimum atomic E-state index is -3.32. The van der Waals surface area contributed by atoms with Crippen LogP contribution in [-0.2, 0) is 16.2 Å². The Kier molecular flexibility index (Phi) is 7.66. The summed E-state index contributed by atoms with van der Waals surface area (Å²) in [6.07, 6.45) is 3.06. The lowest BCUT2D eigenvalue weighted by molar-refractivity contribution is -0.391. The van der Waals surface area contributed by atoms with Crippen LogP contribution in [0.4, 0.5) is 5.82 Å². The third kappa shape index (κ3) is 5.48. The first-order valence-electron chi connectivity index (χ1n) is 6.48. The lowest BCUT2D eigenvalue weighted by Crippen LogP contribution is -2.25. The first-order valence-corrected chi connectivity index (χ1v) is 9.22. The largest absolute Gasteiger partial charge is 0.411 e. The van der Waals surface area contributed by atoms with E-state index in [1.807, 2.05) is 6.92 Å². The molecule has 1 aromatic rings. The van der Waals surface area contributed by atoms with Gasteiger partial charge in [0.15, 0.2) is 0 Å². The zero-order valence-corrected chi connectivity index (χ0v) is 14.7. The Hall–Kier alpha value is -1.29. The predicted molar refractivity (Wildman–Crippen MR) is 86.2 cm³/mol. The normalized spacial score (nSPS) is 14.1. The van der Waals surface area contributed by atoms with Crippen molar-refractivity contribution in [1.29, 1.82) is 0 Å². The summed E-state index contributed by atoms with van der Waals surface area (Å²) in [6, 6.07) is 0. The smallest absolute Gasteiger partial charge is 0.358 e. The number of imidazole rings is 1. The summed E-state index contributed by atoms with van der Waals surface area (Å²) in [7, 11) is -1.84. The third-order valence-corrected chi connectivity index (χ3v) is 4.50. The fourth-order valence-electron chi connectivity index (χ4n) is 1.40. The van der Waals surface area contributed by atoms with Crippen LogP contribution < -0.4 is 10.2 Å². The molecule has 0 spiro atoms. The number of halogens is 1. The maximum absolute atomic E-state index is 12.4. The molecule has 1 rings (SSSR count). The van der Waals surface area contributed by atoms with E-state index in [4.69, 9.17) is 4.62 Å². The van der Waals surface area contributed by atoms with Crippen molar-refractivity contribution in [1.82, 2.24) is 19.7 Å². The van der Waals surface area contributed by atoms with Gasteiger partial charge < -0.3 is 14.7 Å². The Morgan fingerprint density at radius 1 is 1.59 bits per heavy atom. The Balaban J connectivity index is 2.75. The summed E-state index contributed by atoms with van der Waals surface area (Å²) in [5.41, 5.74) is 0. The van der Waals surface area contributed by atoms with Gasteiger partial charge in [0.2, 0.25) is 5.82 Å². The number of alkyl halides is 1. The van der Waals surface area contributed by atoms with Gasteiger partial charge in [-0.2, -0.15) is 0 Å². The van der Waals surface area contributed by atoms with Gasteiger partial charge in [0.1, 0.15) is 12.4 Å². The highest BCUT2D eigenvalue weighted by Crippen LogP contribution is 2.37. The molecule has 2 N–H and O–H groups in total. The van der Waals surface area contributed by atoms with Crippen LogP contribution in [0.3, 0.4) is 0 Å². The second-order valence-electron chi connectivity index (χ2n) is 4.16. The molecule has 0 fully saturated rings. The van der Waals surface area contributed by atoms with E-state index in [1.54, 1.807) is 0 Å². The number of aromatic nitrogens is 2. The number of rotatable bonds is 10. The van der Waals surface area contributed by atoms with Crippen LogP contribution in [0.15, 0.2) is 11.4 Å². The standard InChI is InChI=1S/C10H18BrN6O4P/c1-3-5-14-22(20,15-6-4-11)21-13-7-9-12-8-10(16(9)2)17(18)19/h7-8H,3-6H2,1-2H3,(H2,14,15,20)/b13-7+. The van der Waals surface area contributed by atoms with Gasteiger partial charge in [-0.1, -0.05) is 28.0 Å². The SMILES string of the molecule is CCCNP(=O)(NCCBr)O/N=C/c1ncc([N+](=O)[O-])n1C. The van der Waals surface area contributed by atoms with E-state index < -0.39 is 12.6 Å². The summed E-state index contributed by atoms with van der Waals surface area (Å²) in [6.45, 7) is 2.85. The summed E-state index contributed by atoms with van der Waals surface area (Å²) < 4.78 is 18.7. The molecule has 0 amide bonds. The van der Waals surface area contributed by atoms with E-state index in [-0.39, 0.29) is 11.6 Å². The molecule has 0 saturated carbocycles. The zero-order chi connectivity index (χ0) is 16.6. The quantitative estimate of drug-likeness (QED) is 0.203. The lowest BCUT2D eigenvalue weighted by atomic mass is 10.5. The van der Waals surface area contributed by atoms with Crippen LogP contribution in [0.25, 0.3) is 0 Å². The van der Waals surface area contributed by atoms with Crippen LogP contribution in [0, 0.1) is 10.1 Å². The summed E-state index contributed by atoms with van der Waals surface area (Å²) in [5.74, 6) is 0.0420. The molecule has 0 aliphatic rings. The van der Waals surface area contributed by atoms with Gasteiger partial charge >= 0.3 is 13.5 Å². The molecule has 22 heavy (non-hydrogen) atoms. The monoisotopic (exact) mass is 396 g/mol. The lowest BCUT2D eigenvalue weighted by Gasteiger charge is -2.16. The second kappa shape index (κ2) is 8.99. The number of nitrogens with zero attached hydrogens (tertiary/aromatic N) is 4. The second-order valence-corrected chi connectivity index (χ2v) is 6.86. The van der Waals surface area contributed by atoms with Gasteiger partial charge in [-0.25, -0.2) is 24.3 Å². The van der Waals surface area contributed by atoms with Crippen molar-refractivity contribution >= 4 is 35.6 Å². The molecule has 1 heterocycles. The predicted octanol–water partition coefficient (Wildman–Crippen LogP) is 1.77. The third-order valence-electron chi connectivity index (χ3n) is 2.50. The van der Waals surface area contributed by atoms with Crippen LogP contribution in [0.1, 0.15) is 19.2 Å². The van der Waals surface area contributed by atoms with Gasteiger partial charge in [0, 0.05) is 18.4 Å². The van der Waals surface area contributed by atoms with E-state index in [2.05, 4.69) is 36.2 Å². The van der Waals surface area contributed by atoms with Crippen molar-refractivity contribution < 1.29 is 14.1 Å². The summed E-state index contributed by atoms with van der Waals surface area (Å²) in [4.78, 5) is 14.0. The Morgan fingerprint density at radius 3 is 2.82 bits per heavy atom. The fourth-order valence-corrected chi connectivity index (χ4v) is 3.24. The molecule has 124 valence electrons. The van der Waals surface area contributed by atoms with Crippen molar-refractivity contribution in [3.05, 3.63) is 22.1 Å². The topological polar surface area (TPSA) is 124 Å². The Morgan fingerprint density at radius 2 is 2.27 bits per heavy atom. The van der Waals surface area contributed by atoms with Crippen molar-refractivity contribution in [2.45, 2.75) is 13.3 Å². The van der Waals surface area contributed by atoms with Crippen LogP contribution in [-0.4, -0.2) is 39.1 Å². The van der Waals surface area contributed by atoms with Gasteiger partial charge in [0.05, 0.1) is 7.05 Å². The van der Waals surface area contributed by atoms with E-state index in [0.717, 1.165) is 12.6 Å². The van der Waals surface area contributed by atoms with Crippen LogP contribution >= 0.6 is 23.6 Å². The van der Waals surface area contributed by atoms with Crippen molar-refractivity contribution in [3.63, 3.8) is 0 Å². The van der Waals surface area contributed by atoms with Gasteiger partial charge in [-0.05, 0) is 11.3 Å². The van der Waals surface area contributed by atoms with Crippen LogP contribution in [0.2, 0.25) is 0 Å². The van der Waals surface area contributed by atoms with Gasteiger partial charge in [0.25, 0.3) is 0 Å². The highest BCUT2D eigenvalue weighted by atomic mass is 79.9. The van der Waals surface area contributed by atoms with Gasteiger partial charge in [-0.15, -0.1) is 0 Å². The minimum Gasteiger partial charge on any atom is -0.358 e. The molecule has 0 aliphatic heterocycles. The average Bonchev–Trinajstić information content (AvgIpc) is 2.85. The highest BCUT2D eigenvalue weighted by Gasteiger charge is 2.23. The van der Waals surface area contributed by atoms with Crippen molar-refractivity contribution in [2.24, 2.45) is 12.2 Å². The summed E-state index contributed by atoms with van der Waals surface area (Å²) in [5, 5.41) is 20.4. The number of nitro groups is 1. The maximum atomic E-state index is 12.4. The molecular weight excluding hydrogens is 379 g/mol. The average molecular weight is 397 g/mol. The van der Waals surface area contributed by atoms with E-state index in [1.165, 1.54) is 17.8 Å². The molecule has 1 unspecified atom stereocenters. The van der Waals surface area contributed by atoms with Crippen molar-refractivity contribution in [2.75, 3.05) is 18.4 Å². The molecule has 12 heteroatoms. The minimum absolute atomic E-state index is 0.175. The molecule has 1 aromatic heterocycles. The number of hydrogen-bond acceptors (Lipinski definition) is 6. The molecule has 10 nitrogen and oxygen atoms in total. The molecule has 0 aliphatic carbocycles. The molecule has 0 saturated heterocycles. The number of nitrogens with one attached hydrogen (secondary N) is 2. The summed E-state index contributed by atoms with van der Waals surface area (Å²) >= 11 is 3.22. The molecule has 0 radical (unpaired) electrons. The first-order chi connectivity index (χ1) is 10.4. The molecule has 0 bridgehead atoms. The first kappa shape index (κ1) is 18.8. The zero-order valence-electron chi connectivity index (χ0n) is 12.2. The van der Waals surface area contributed by atoms with E-state index >= 15 is 0 Å². The fraction of sp³-hybridized carbons (Fsp3) is 0.600. The Bertz CT molecular complexity index is 566.